The van der Waals surface area contributed by atoms with E-state index in [1.54, 1.807) is 24.3 Å². The lowest BCUT2D eigenvalue weighted by Gasteiger charge is -2.41. The highest BCUT2D eigenvalue weighted by Gasteiger charge is 2.60. The monoisotopic (exact) mass is 311 g/mol. The fourth-order valence-electron chi connectivity index (χ4n) is 4.50. The van der Waals surface area contributed by atoms with Crippen molar-refractivity contribution < 1.29 is 19.2 Å². The molecule has 3 saturated carbocycles. The van der Waals surface area contributed by atoms with Crippen molar-refractivity contribution in [2.75, 3.05) is 4.90 Å². The van der Waals surface area contributed by atoms with Gasteiger partial charge in [0.05, 0.1) is 17.5 Å². The van der Waals surface area contributed by atoms with Gasteiger partial charge in [-0.05, 0) is 37.8 Å². The summed E-state index contributed by atoms with van der Waals surface area (Å²) < 4.78 is 0. The van der Waals surface area contributed by atoms with E-state index in [-0.39, 0.29) is 41.1 Å². The summed E-state index contributed by atoms with van der Waals surface area (Å²) in [6, 6.07) is 6.59. The summed E-state index contributed by atoms with van der Waals surface area (Å²) >= 11 is 0. The Morgan fingerprint density at radius 1 is 1.09 bits per heavy atom. The minimum atomic E-state index is -0.497. The van der Waals surface area contributed by atoms with Crippen molar-refractivity contribution in [3.05, 3.63) is 29.8 Å². The number of rotatable bonds is 2. The first-order valence-electron chi connectivity index (χ1n) is 8.00. The van der Waals surface area contributed by atoms with Gasteiger partial charge in [-0.3, -0.25) is 24.1 Å². The fraction of sp³-hybridized carbons (Fsp3) is 0.444. The molecule has 23 heavy (non-hydrogen) atoms. The van der Waals surface area contributed by atoms with E-state index in [2.05, 4.69) is 0 Å². The quantitative estimate of drug-likeness (QED) is 0.618. The first kappa shape index (κ1) is 14.3. The third-order valence-corrected chi connectivity index (χ3v) is 5.58. The number of nitrogens with zero attached hydrogens (tertiary/aromatic N) is 1. The Morgan fingerprint density at radius 3 is 2.52 bits per heavy atom. The van der Waals surface area contributed by atoms with Gasteiger partial charge in [0.1, 0.15) is 5.78 Å². The molecule has 2 amide bonds. The molecule has 4 atom stereocenters. The van der Waals surface area contributed by atoms with Crippen molar-refractivity contribution in [1.82, 2.24) is 0 Å². The van der Waals surface area contributed by atoms with Crippen molar-refractivity contribution in [1.29, 1.82) is 0 Å². The molecular formula is C18H17NO4. The van der Waals surface area contributed by atoms with Gasteiger partial charge in [-0.15, -0.1) is 0 Å². The predicted molar refractivity (Wildman–Crippen MR) is 81.8 cm³/mol. The third-order valence-electron chi connectivity index (χ3n) is 5.58. The molecule has 1 heterocycles. The summed E-state index contributed by atoms with van der Waals surface area (Å²) in [5.74, 6) is -1.63. The van der Waals surface area contributed by atoms with Crippen molar-refractivity contribution >= 4 is 29.1 Å². The number of imide groups is 1. The van der Waals surface area contributed by atoms with E-state index >= 15 is 0 Å². The van der Waals surface area contributed by atoms with Gasteiger partial charge in [-0.2, -0.15) is 0 Å². The van der Waals surface area contributed by atoms with E-state index in [1.807, 2.05) is 0 Å². The summed E-state index contributed by atoms with van der Waals surface area (Å²) in [5, 5.41) is 0. The molecule has 0 N–H and O–H groups in total. The van der Waals surface area contributed by atoms with Crippen LogP contribution in [0.1, 0.15) is 36.5 Å². The van der Waals surface area contributed by atoms with E-state index in [4.69, 9.17) is 0 Å². The number of hydrogen-bond acceptors (Lipinski definition) is 4. The maximum atomic E-state index is 12.8. The molecule has 0 spiro atoms. The number of carbonyl (C=O) groups is 4. The number of Topliss-reactive ketones (excluding diaryl/α,β-unsaturated/α-hetero) is 2. The van der Waals surface area contributed by atoms with Crippen LogP contribution in [0.4, 0.5) is 5.69 Å². The molecule has 1 aliphatic heterocycles. The fourth-order valence-corrected chi connectivity index (χ4v) is 4.50. The number of ketones is 2. The Morgan fingerprint density at radius 2 is 1.83 bits per heavy atom. The van der Waals surface area contributed by atoms with Crippen LogP contribution in [0, 0.1) is 23.7 Å². The molecule has 1 aromatic rings. The number of benzene rings is 1. The molecule has 5 nitrogen and oxygen atoms in total. The van der Waals surface area contributed by atoms with Crippen LogP contribution in [0.15, 0.2) is 24.3 Å². The van der Waals surface area contributed by atoms with Gasteiger partial charge < -0.3 is 0 Å². The molecule has 2 bridgehead atoms. The molecule has 1 aromatic carbocycles. The molecule has 0 radical (unpaired) electrons. The number of carbonyl (C=O) groups excluding carboxylic acids is 4. The van der Waals surface area contributed by atoms with Gasteiger partial charge in [-0.25, -0.2) is 0 Å². The summed E-state index contributed by atoms with van der Waals surface area (Å²) in [6.07, 6.45) is 1.98. The minimum absolute atomic E-state index is 0.00469. The smallest absolute Gasteiger partial charge is 0.238 e. The second-order valence-electron chi connectivity index (χ2n) is 6.78. The van der Waals surface area contributed by atoms with Gasteiger partial charge in [0.15, 0.2) is 5.78 Å². The molecule has 3 aliphatic carbocycles. The van der Waals surface area contributed by atoms with E-state index < -0.39 is 5.92 Å². The van der Waals surface area contributed by atoms with Gasteiger partial charge in [0, 0.05) is 17.9 Å². The lowest BCUT2D eigenvalue weighted by Crippen LogP contribution is -2.46. The average Bonchev–Trinajstić information content (AvgIpc) is 2.81. The Bertz CT molecular complexity index is 753. The van der Waals surface area contributed by atoms with Crippen LogP contribution in [0.25, 0.3) is 0 Å². The number of hydrogen-bond donors (Lipinski definition) is 0. The summed E-state index contributed by atoms with van der Waals surface area (Å²) in [5.41, 5.74) is 0.908. The number of amides is 2. The zero-order valence-electron chi connectivity index (χ0n) is 12.8. The molecule has 4 fully saturated rings. The van der Waals surface area contributed by atoms with Crippen LogP contribution in [0.3, 0.4) is 0 Å². The summed E-state index contributed by atoms with van der Waals surface area (Å²) in [7, 11) is 0. The molecular weight excluding hydrogens is 294 g/mol. The zero-order chi connectivity index (χ0) is 16.3. The third kappa shape index (κ3) is 1.92. The lowest BCUT2D eigenvalue weighted by molar-refractivity contribution is -0.143. The van der Waals surface area contributed by atoms with Crippen LogP contribution >= 0.6 is 0 Å². The standard InChI is InChI=1S/C18H17NO4/c1-9(20)10-3-2-4-12(7-10)19-17(22)15-11-5-6-13(14(21)8-11)16(15)18(19)23/h2-4,7,11,13,15-16H,5-6,8H2,1H3/t11-,13+,15+,16-/m0/s1. The maximum absolute atomic E-state index is 12.8. The van der Waals surface area contributed by atoms with Gasteiger partial charge >= 0.3 is 0 Å². The van der Waals surface area contributed by atoms with E-state index in [9.17, 15) is 19.2 Å². The normalized spacial score (nSPS) is 32.4. The first-order valence-corrected chi connectivity index (χ1v) is 8.00. The molecule has 118 valence electrons. The number of anilines is 1. The van der Waals surface area contributed by atoms with Crippen LogP contribution in [0.5, 0.6) is 0 Å². The van der Waals surface area contributed by atoms with Crippen molar-refractivity contribution in [2.24, 2.45) is 23.7 Å². The Kier molecular flexibility index (Phi) is 3.01. The minimum Gasteiger partial charge on any atom is -0.299 e. The van der Waals surface area contributed by atoms with E-state index in [0.29, 0.717) is 24.1 Å². The van der Waals surface area contributed by atoms with Gasteiger partial charge in [-0.1, -0.05) is 12.1 Å². The second-order valence-corrected chi connectivity index (χ2v) is 6.78. The summed E-state index contributed by atoms with van der Waals surface area (Å²) in [4.78, 5) is 50.5. The maximum Gasteiger partial charge on any atom is 0.238 e. The molecule has 4 aliphatic rings. The van der Waals surface area contributed by atoms with Crippen molar-refractivity contribution in [3.8, 4) is 0 Å². The highest BCUT2D eigenvalue weighted by atomic mass is 16.2. The van der Waals surface area contributed by atoms with E-state index in [0.717, 1.165) is 6.42 Å². The highest BCUT2D eigenvalue weighted by molar-refractivity contribution is 6.23. The molecule has 5 heteroatoms. The van der Waals surface area contributed by atoms with Crippen LogP contribution in [-0.2, 0) is 14.4 Å². The van der Waals surface area contributed by atoms with Gasteiger partial charge in [0.25, 0.3) is 0 Å². The molecule has 5 rings (SSSR count). The topological polar surface area (TPSA) is 71.5 Å². The van der Waals surface area contributed by atoms with E-state index in [1.165, 1.54) is 11.8 Å². The van der Waals surface area contributed by atoms with Gasteiger partial charge in [0.2, 0.25) is 11.8 Å². The Balaban J connectivity index is 1.75. The summed E-state index contributed by atoms with van der Waals surface area (Å²) in [6.45, 7) is 1.45. The number of fused-ring (bicyclic) bond motifs is 2. The lowest BCUT2D eigenvalue weighted by atomic mass is 9.59. The highest BCUT2D eigenvalue weighted by Crippen LogP contribution is 2.52. The SMILES string of the molecule is CC(=O)c1cccc(N2C(=O)[C@@H]3[C@H]4CC[C@H](C(=O)C4)[C@@H]3C2=O)c1. The second kappa shape index (κ2) is 4.85. The van der Waals surface area contributed by atoms with Crippen LogP contribution in [0.2, 0.25) is 0 Å². The van der Waals surface area contributed by atoms with Crippen molar-refractivity contribution in [2.45, 2.75) is 26.2 Å². The molecule has 0 aromatic heterocycles. The first-order chi connectivity index (χ1) is 11.0. The van der Waals surface area contributed by atoms with Crippen LogP contribution < -0.4 is 4.90 Å². The van der Waals surface area contributed by atoms with Crippen LogP contribution in [-0.4, -0.2) is 23.4 Å². The largest absolute Gasteiger partial charge is 0.299 e. The Labute approximate surface area is 133 Å². The molecule has 0 unspecified atom stereocenters. The van der Waals surface area contributed by atoms with Crippen molar-refractivity contribution in [3.63, 3.8) is 0 Å². The Hall–Kier alpha value is -2.30. The zero-order valence-corrected chi connectivity index (χ0v) is 12.8. The average molecular weight is 311 g/mol. The predicted octanol–water partition coefficient (Wildman–Crippen LogP) is 1.99. The molecule has 1 saturated heterocycles.